The SMILES string of the molecule is CCc1ccc(F)c(Cc2ccccc2CC)c1. The molecule has 0 nitrogen and oxygen atoms in total. The van der Waals surface area contributed by atoms with Gasteiger partial charge in [0, 0.05) is 6.42 Å². The second-order valence-electron chi connectivity index (χ2n) is 4.58. The molecule has 2 aromatic carbocycles. The molecule has 0 unspecified atom stereocenters. The minimum absolute atomic E-state index is 0.0990. The Kier molecular flexibility index (Phi) is 4.14. The van der Waals surface area contributed by atoms with Crippen molar-refractivity contribution in [2.24, 2.45) is 0 Å². The first-order valence-electron chi connectivity index (χ1n) is 6.58. The van der Waals surface area contributed by atoms with Crippen molar-refractivity contribution in [2.75, 3.05) is 0 Å². The Bertz CT molecular complexity index is 529. The second kappa shape index (κ2) is 5.81. The number of benzene rings is 2. The quantitative estimate of drug-likeness (QED) is 0.738. The number of rotatable bonds is 4. The van der Waals surface area contributed by atoms with Gasteiger partial charge < -0.3 is 0 Å². The molecule has 0 aliphatic heterocycles. The average Bonchev–Trinajstić information content (AvgIpc) is 2.42. The summed E-state index contributed by atoms with van der Waals surface area (Å²) in [6.07, 6.45) is 2.62. The lowest BCUT2D eigenvalue weighted by Gasteiger charge is -2.09. The van der Waals surface area contributed by atoms with Crippen molar-refractivity contribution in [3.05, 3.63) is 70.5 Å². The predicted molar refractivity (Wildman–Crippen MR) is 74.4 cm³/mol. The Morgan fingerprint density at radius 1 is 0.833 bits per heavy atom. The number of hydrogen-bond donors (Lipinski definition) is 0. The highest BCUT2D eigenvalue weighted by atomic mass is 19.1. The number of hydrogen-bond acceptors (Lipinski definition) is 0. The van der Waals surface area contributed by atoms with Crippen molar-refractivity contribution < 1.29 is 4.39 Å². The fraction of sp³-hybridized carbons (Fsp3) is 0.294. The van der Waals surface area contributed by atoms with E-state index in [1.54, 1.807) is 6.07 Å². The molecule has 0 fully saturated rings. The van der Waals surface area contributed by atoms with Crippen LogP contribution in [0.5, 0.6) is 0 Å². The molecular weight excluding hydrogens is 223 g/mol. The Hall–Kier alpha value is -1.63. The third kappa shape index (κ3) is 2.79. The van der Waals surface area contributed by atoms with Gasteiger partial charge in [-0.2, -0.15) is 0 Å². The van der Waals surface area contributed by atoms with E-state index in [1.165, 1.54) is 16.7 Å². The van der Waals surface area contributed by atoms with E-state index < -0.39 is 0 Å². The van der Waals surface area contributed by atoms with Gasteiger partial charge in [-0.05, 0) is 41.2 Å². The van der Waals surface area contributed by atoms with E-state index in [0.717, 1.165) is 18.4 Å². The maximum absolute atomic E-state index is 13.8. The zero-order valence-electron chi connectivity index (χ0n) is 11.0. The molecule has 2 aromatic rings. The van der Waals surface area contributed by atoms with Crippen molar-refractivity contribution in [3.8, 4) is 0 Å². The maximum Gasteiger partial charge on any atom is 0.126 e. The lowest BCUT2D eigenvalue weighted by molar-refractivity contribution is 0.613. The van der Waals surface area contributed by atoms with E-state index in [0.29, 0.717) is 6.42 Å². The normalized spacial score (nSPS) is 10.6. The molecule has 2 rings (SSSR count). The van der Waals surface area contributed by atoms with Crippen LogP contribution in [-0.4, -0.2) is 0 Å². The summed E-state index contributed by atoms with van der Waals surface area (Å²) in [5, 5.41) is 0. The molecular formula is C17H19F. The summed E-state index contributed by atoms with van der Waals surface area (Å²) in [6.45, 7) is 4.23. The molecule has 0 atom stereocenters. The lowest BCUT2D eigenvalue weighted by atomic mass is 9.96. The highest BCUT2D eigenvalue weighted by Gasteiger charge is 2.06. The smallest absolute Gasteiger partial charge is 0.126 e. The van der Waals surface area contributed by atoms with Crippen molar-refractivity contribution in [2.45, 2.75) is 33.1 Å². The van der Waals surface area contributed by atoms with E-state index >= 15 is 0 Å². The van der Waals surface area contributed by atoms with Gasteiger partial charge in [-0.3, -0.25) is 0 Å². The molecule has 18 heavy (non-hydrogen) atoms. The van der Waals surface area contributed by atoms with Crippen LogP contribution in [0.15, 0.2) is 42.5 Å². The highest BCUT2D eigenvalue weighted by Crippen LogP contribution is 2.18. The zero-order valence-corrected chi connectivity index (χ0v) is 11.0. The molecule has 0 aliphatic carbocycles. The van der Waals surface area contributed by atoms with Crippen molar-refractivity contribution >= 4 is 0 Å². The molecule has 0 amide bonds. The fourth-order valence-corrected chi connectivity index (χ4v) is 2.26. The minimum atomic E-state index is -0.0990. The standard InChI is InChI=1S/C17H19F/c1-3-13-9-10-17(18)16(11-13)12-15-8-6-5-7-14(15)4-2/h5-11H,3-4,12H2,1-2H3. The van der Waals surface area contributed by atoms with Crippen LogP contribution in [0.2, 0.25) is 0 Å². The van der Waals surface area contributed by atoms with Gasteiger partial charge in [0.25, 0.3) is 0 Å². The molecule has 1 heteroatoms. The molecule has 0 aromatic heterocycles. The topological polar surface area (TPSA) is 0 Å². The van der Waals surface area contributed by atoms with Gasteiger partial charge in [-0.15, -0.1) is 0 Å². The molecule has 0 saturated heterocycles. The van der Waals surface area contributed by atoms with E-state index in [9.17, 15) is 4.39 Å². The predicted octanol–water partition coefficient (Wildman–Crippen LogP) is 4.54. The average molecular weight is 242 g/mol. The summed E-state index contributed by atoms with van der Waals surface area (Å²) >= 11 is 0. The van der Waals surface area contributed by atoms with Crippen LogP contribution in [0, 0.1) is 5.82 Å². The van der Waals surface area contributed by atoms with Crippen LogP contribution >= 0.6 is 0 Å². The first-order valence-corrected chi connectivity index (χ1v) is 6.58. The molecule has 0 spiro atoms. The van der Waals surface area contributed by atoms with Crippen LogP contribution in [-0.2, 0) is 19.3 Å². The second-order valence-corrected chi connectivity index (χ2v) is 4.58. The van der Waals surface area contributed by atoms with E-state index in [2.05, 4.69) is 26.0 Å². The molecule has 0 bridgehead atoms. The highest BCUT2D eigenvalue weighted by molar-refractivity contribution is 5.35. The van der Waals surface area contributed by atoms with Crippen LogP contribution < -0.4 is 0 Å². The summed E-state index contributed by atoms with van der Waals surface area (Å²) in [5.41, 5.74) is 4.53. The third-order valence-corrected chi connectivity index (χ3v) is 3.40. The van der Waals surface area contributed by atoms with Crippen LogP contribution in [0.3, 0.4) is 0 Å². The Balaban J connectivity index is 2.33. The first-order chi connectivity index (χ1) is 8.74. The minimum Gasteiger partial charge on any atom is -0.207 e. The lowest BCUT2D eigenvalue weighted by Crippen LogP contribution is -1.98. The van der Waals surface area contributed by atoms with Gasteiger partial charge in [-0.1, -0.05) is 50.2 Å². The van der Waals surface area contributed by atoms with Crippen molar-refractivity contribution in [3.63, 3.8) is 0 Å². The van der Waals surface area contributed by atoms with Gasteiger partial charge in [0.05, 0.1) is 0 Å². The van der Waals surface area contributed by atoms with Gasteiger partial charge >= 0.3 is 0 Å². The Morgan fingerprint density at radius 3 is 2.22 bits per heavy atom. The molecule has 0 saturated carbocycles. The fourth-order valence-electron chi connectivity index (χ4n) is 2.26. The first kappa shape index (κ1) is 12.8. The van der Waals surface area contributed by atoms with Crippen LogP contribution in [0.25, 0.3) is 0 Å². The monoisotopic (exact) mass is 242 g/mol. The van der Waals surface area contributed by atoms with Crippen molar-refractivity contribution in [1.29, 1.82) is 0 Å². The molecule has 0 heterocycles. The van der Waals surface area contributed by atoms with E-state index in [-0.39, 0.29) is 5.82 Å². The van der Waals surface area contributed by atoms with Gasteiger partial charge in [-0.25, -0.2) is 4.39 Å². The van der Waals surface area contributed by atoms with Gasteiger partial charge in [0.15, 0.2) is 0 Å². The summed E-state index contributed by atoms with van der Waals surface area (Å²) in [5.74, 6) is -0.0990. The van der Waals surface area contributed by atoms with Gasteiger partial charge in [0.2, 0.25) is 0 Å². The summed E-state index contributed by atoms with van der Waals surface area (Å²) in [4.78, 5) is 0. The van der Waals surface area contributed by atoms with E-state index in [4.69, 9.17) is 0 Å². The summed E-state index contributed by atoms with van der Waals surface area (Å²) in [6, 6.07) is 13.7. The zero-order chi connectivity index (χ0) is 13.0. The summed E-state index contributed by atoms with van der Waals surface area (Å²) in [7, 11) is 0. The molecule has 94 valence electrons. The maximum atomic E-state index is 13.8. The summed E-state index contributed by atoms with van der Waals surface area (Å²) < 4.78 is 13.8. The Morgan fingerprint density at radius 2 is 1.56 bits per heavy atom. The van der Waals surface area contributed by atoms with E-state index in [1.807, 2.05) is 24.3 Å². The largest absolute Gasteiger partial charge is 0.207 e. The van der Waals surface area contributed by atoms with Crippen LogP contribution in [0.1, 0.15) is 36.1 Å². The van der Waals surface area contributed by atoms with Gasteiger partial charge in [0.1, 0.15) is 5.82 Å². The number of aryl methyl sites for hydroxylation is 2. The van der Waals surface area contributed by atoms with Crippen molar-refractivity contribution in [1.82, 2.24) is 0 Å². The molecule has 0 N–H and O–H groups in total. The molecule has 0 aliphatic rings. The number of halogens is 1. The third-order valence-electron chi connectivity index (χ3n) is 3.40. The van der Waals surface area contributed by atoms with Crippen LogP contribution in [0.4, 0.5) is 4.39 Å². The Labute approximate surface area is 108 Å². The molecule has 0 radical (unpaired) electrons.